The first-order valence-corrected chi connectivity index (χ1v) is 5.77. The molecule has 1 aromatic rings. The third kappa shape index (κ3) is 2.77. The fourth-order valence-corrected chi connectivity index (χ4v) is 1.84. The summed E-state index contributed by atoms with van der Waals surface area (Å²) in [6.07, 6.45) is 3.00. The molecule has 0 amide bonds. The highest BCUT2D eigenvalue weighted by Gasteiger charge is 2.18. The van der Waals surface area contributed by atoms with Crippen LogP contribution in [0.5, 0.6) is 0 Å². The lowest BCUT2D eigenvalue weighted by Gasteiger charge is -2.22. The molecule has 1 aliphatic heterocycles. The number of rotatable bonds is 4. The minimum Gasteiger partial charge on any atom is -0.453 e. The smallest absolute Gasteiger partial charge is 0.331 e. The van der Waals surface area contributed by atoms with Crippen LogP contribution < -0.4 is 4.90 Å². The van der Waals surface area contributed by atoms with E-state index in [9.17, 15) is 9.59 Å². The zero-order valence-corrected chi connectivity index (χ0v) is 10.4. The number of carbonyl (C=O) groups excluding carboxylic acids is 2. The molecule has 0 radical (unpaired) electrons. The van der Waals surface area contributed by atoms with Crippen molar-refractivity contribution in [3.05, 3.63) is 42.0 Å². The minimum absolute atomic E-state index is 0.0526. The van der Waals surface area contributed by atoms with Gasteiger partial charge in [-0.3, -0.25) is 4.79 Å². The fraction of sp³-hybridized carbons (Fsp3) is 0.286. The summed E-state index contributed by atoms with van der Waals surface area (Å²) in [6.45, 7) is 2.14. The molecule has 94 valence electrons. The summed E-state index contributed by atoms with van der Waals surface area (Å²) in [7, 11) is 1.92. The zero-order chi connectivity index (χ0) is 13.1. The lowest BCUT2D eigenvalue weighted by molar-refractivity contribution is -0.138. The van der Waals surface area contributed by atoms with Gasteiger partial charge in [0.25, 0.3) is 0 Å². The average Bonchev–Trinajstić information content (AvgIpc) is 2.75. The Balaban J connectivity index is 2.00. The molecule has 0 bridgehead atoms. The predicted octanol–water partition coefficient (Wildman–Crippen LogP) is 1.81. The van der Waals surface area contributed by atoms with E-state index < -0.39 is 0 Å². The summed E-state index contributed by atoms with van der Waals surface area (Å²) in [6, 6.07) is 7.36. The molecule has 18 heavy (non-hydrogen) atoms. The van der Waals surface area contributed by atoms with Crippen LogP contribution in [0.25, 0.3) is 0 Å². The van der Waals surface area contributed by atoms with Gasteiger partial charge < -0.3 is 9.64 Å². The summed E-state index contributed by atoms with van der Waals surface area (Å²) in [5, 5.41) is 0. The molecule has 1 heterocycles. The number of carbonyl (C=O) groups is 2. The van der Waals surface area contributed by atoms with E-state index in [1.54, 1.807) is 25.1 Å². The first-order chi connectivity index (χ1) is 8.56. The molecule has 1 atom stereocenters. The molecule has 0 saturated heterocycles. The predicted molar refractivity (Wildman–Crippen MR) is 68.7 cm³/mol. The van der Waals surface area contributed by atoms with E-state index in [1.807, 2.05) is 24.1 Å². The van der Waals surface area contributed by atoms with E-state index in [4.69, 9.17) is 4.74 Å². The van der Waals surface area contributed by atoms with Crippen molar-refractivity contribution in [3.8, 4) is 0 Å². The summed E-state index contributed by atoms with van der Waals surface area (Å²) >= 11 is 0. The SMILES string of the molecule is CC(=O)c1ccc(N(C)CC2C=CC(=O)O2)cc1. The molecular weight excluding hydrogens is 230 g/mol. The van der Waals surface area contributed by atoms with Gasteiger partial charge in [0.15, 0.2) is 5.78 Å². The number of cyclic esters (lactones) is 1. The van der Waals surface area contributed by atoms with Crippen LogP contribution in [0.2, 0.25) is 0 Å². The number of nitrogens with zero attached hydrogens (tertiary/aromatic N) is 1. The molecule has 4 heteroatoms. The Labute approximate surface area is 106 Å². The first-order valence-electron chi connectivity index (χ1n) is 5.77. The van der Waals surface area contributed by atoms with Crippen molar-refractivity contribution in [2.24, 2.45) is 0 Å². The molecule has 1 aromatic carbocycles. The van der Waals surface area contributed by atoms with Crippen LogP contribution >= 0.6 is 0 Å². The highest BCUT2D eigenvalue weighted by atomic mass is 16.5. The molecule has 1 aliphatic rings. The Morgan fingerprint density at radius 2 is 2.00 bits per heavy atom. The lowest BCUT2D eigenvalue weighted by atomic mass is 10.1. The lowest BCUT2D eigenvalue weighted by Crippen LogP contribution is -2.28. The van der Waals surface area contributed by atoms with Crippen LogP contribution in [-0.2, 0) is 9.53 Å². The summed E-state index contributed by atoms with van der Waals surface area (Å²) in [4.78, 5) is 24.1. The van der Waals surface area contributed by atoms with E-state index in [0.717, 1.165) is 5.69 Å². The van der Waals surface area contributed by atoms with Gasteiger partial charge in [0, 0.05) is 24.4 Å². The van der Waals surface area contributed by atoms with Crippen LogP contribution in [0.1, 0.15) is 17.3 Å². The summed E-state index contributed by atoms with van der Waals surface area (Å²) < 4.78 is 5.07. The van der Waals surface area contributed by atoms with E-state index in [0.29, 0.717) is 12.1 Å². The Hall–Kier alpha value is -2.10. The van der Waals surface area contributed by atoms with Gasteiger partial charge in [-0.2, -0.15) is 0 Å². The van der Waals surface area contributed by atoms with Crippen LogP contribution in [0.3, 0.4) is 0 Å². The second kappa shape index (κ2) is 5.04. The van der Waals surface area contributed by atoms with Crippen molar-refractivity contribution in [1.82, 2.24) is 0 Å². The number of benzene rings is 1. The molecule has 0 aliphatic carbocycles. The van der Waals surface area contributed by atoms with Crippen molar-refractivity contribution in [2.75, 3.05) is 18.5 Å². The standard InChI is InChI=1S/C14H15NO3/c1-10(16)11-3-5-12(6-4-11)15(2)9-13-7-8-14(17)18-13/h3-8,13H,9H2,1-2H3. The van der Waals surface area contributed by atoms with Crippen LogP contribution in [0, 0.1) is 0 Å². The Morgan fingerprint density at radius 1 is 1.33 bits per heavy atom. The maximum Gasteiger partial charge on any atom is 0.331 e. The largest absolute Gasteiger partial charge is 0.453 e. The monoisotopic (exact) mass is 245 g/mol. The quantitative estimate of drug-likeness (QED) is 0.599. The second-order valence-electron chi connectivity index (χ2n) is 4.32. The minimum atomic E-state index is -0.291. The van der Waals surface area contributed by atoms with Gasteiger partial charge in [0.1, 0.15) is 6.10 Å². The number of ketones is 1. The van der Waals surface area contributed by atoms with Gasteiger partial charge in [-0.1, -0.05) is 0 Å². The molecule has 2 rings (SSSR count). The van der Waals surface area contributed by atoms with Crippen LogP contribution in [0.15, 0.2) is 36.4 Å². The van der Waals surface area contributed by atoms with Gasteiger partial charge in [0.05, 0.1) is 6.54 Å². The van der Waals surface area contributed by atoms with E-state index >= 15 is 0 Å². The molecule has 1 unspecified atom stereocenters. The fourth-order valence-electron chi connectivity index (χ4n) is 1.84. The summed E-state index contributed by atoms with van der Waals surface area (Å²) in [5.41, 5.74) is 1.68. The molecule has 4 nitrogen and oxygen atoms in total. The number of esters is 1. The number of hydrogen-bond acceptors (Lipinski definition) is 4. The Morgan fingerprint density at radius 3 is 2.50 bits per heavy atom. The highest BCUT2D eigenvalue weighted by Crippen LogP contribution is 2.16. The van der Waals surface area contributed by atoms with E-state index in [1.165, 1.54) is 6.08 Å². The topological polar surface area (TPSA) is 46.6 Å². The number of likely N-dealkylation sites (N-methyl/N-ethyl adjacent to an activating group) is 1. The van der Waals surface area contributed by atoms with Crippen molar-refractivity contribution in [3.63, 3.8) is 0 Å². The Bertz CT molecular complexity index is 490. The third-order valence-corrected chi connectivity index (χ3v) is 2.88. The number of anilines is 1. The maximum absolute atomic E-state index is 11.2. The number of Topliss-reactive ketones (excluding diaryl/α,β-unsaturated/α-hetero) is 1. The average molecular weight is 245 g/mol. The molecule has 0 fully saturated rings. The van der Waals surface area contributed by atoms with Gasteiger partial charge in [-0.15, -0.1) is 0 Å². The van der Waals surface area contributed by atoms with Gasteiger partial charge >= 0.3 is 5.97 Å². The van der Waals surface area contributed by atoms with Crippen molar-refractivity contribution < 1.29 is 14.3 Å². The van der Waals surface area contributed by atoms with Gasteiger partial charge in [-0.25, -0.2) is 4.79 Å². The molecule has 0 N–H and O–H groups in total. The number of ether oxygens (including phenoxy) is 1. The van der Waals surface area contributed by atoms with Crippen LogP contribution in [0.4, 0.5) is 5.69 Å². The van der Waals surface area contributed by atoms with Crippen molar-refractivity contribution in [2.45, 2.75) is 13.0 Å². The number of hydrogen-bond donors (Lipinski definition) is 0. The zero-order valence-electron chi connectivity index (χ0n) is 10.4. The highest BCUT2D eigenvalue weighted by molar-refractivity contribution is 5.94. The van der Waals surface area contributed by atoms with Crippen molar-refractivity contribution >= 4 is 17.4 Å². The Kier molecular flexibility index (Phi) is 3.46. The normalized spacial score (nSPS) is 17.7. The van der Waals surface area contributed by atoms with Gasteiger partial charge in [0.2, 0.25) is 0 Å². The third-order valence-electron chi connectivity index (χ3n) is 2.88. The van der Waals surface area contributed by atoms with E-state index in [2.05, 4.69) is 0 Å². The molecule has 0 saturated carbocycles. The summed E-state index contributed by atoms with van der Waals surface area (Å²) in [5.74, 6) is -0.239. The van der Waals surface area contributed by atoms with Gasteiger partial charge in [-0.05, 0) is 37.3 Å². The maximum atomic E-state index is 11.2. The molecular formula is C14H15NO3. The van der Waals surface area contributed by atoms with E-state index in [-0.39, 0.29) is 17.9 Å². The molecule has 0 spiro atoms. The second-order valence-corrected chi connectivity index (χ2v) is 4.32. The molecule has 0 aromatic heterocycles. The van der Waals surface area contributed by atoms with Crippen LogP contribution in [-0.4, -0.2) is 31.4 Å². The van der Waals surface area contributed by atoms with Crippen molar-refractivity contribution in [1.29, 1.82) is 0 Å². The first kappa shape index (κ1) is 12.4.